The molecule has 14 heavy (non-hydrogen) atoms. The van der Waals surface area contributed by atoms with E-state index in [1.54, 1.807) is 0 Å². The van der Waals surface area contributed by atoms with Crippen LogP contribution in [-0.4, -0.2) is 22.9 Å². The topological polar surface area (TPSA) is 29.9 Å². The molecule has 0 spiro atoms. The lowest BCUT2D eigenvalue weighted by atomic mass is 10.1. The molecule has 1 atom stereocenters. The second-order valence-corrected chi connectivity index (χ2v) is 3.57. The van der Waals surface area contributed by atoms with Gasteiger partial charge in [0.15, 0.2) is 0 Å². The summed E-state index contributed by atoms with van der Waals surface area (Å²) in [5.74, 6) is 0. The summed E-state index contributed by atoms with van der Waals surface area (Å²) in [6, 6.07) is 0.535. The minimum absolute atomic E-state index is 0.535. The van der Waals surface area contributed by atoms with E-state index >= 15 is 0 Å². The zero-order valence-corrected chi connectivity index (χ0v) is 9.03. The molecule has 1 rings (SSSR count). The predicted octanol–water partition coefficient (Wildman–Crippen LogP) is 1.52. The number of rotatable bonds is 6. The highest BCUT2D eigenvalue weighted by atomic mass is 15.2. The van der Waals surface area contributed by atoms with Gasteiger partial charge in [-0.1, -0.05) is 6.08 Å². The molecule has 0 aliphatic heterocycles. The van der Waals surface area contributed by atoms with E-state index in [1.165, 1.54) is 5.56 Å². The molecule has 0 amide bonds. The van der Waals surface area contributed by atoms with Gasteiger partial charge in [-0.2, -0.15) is 5.10 Å². The Hall–Kier alpha value is -1.09. The van der Waals surface area contributed by atoms with E-state index < -0.39 is 0 Å². The molecule has 78 valence electrons. The van der Waals surface area contributed by atoms with Gasteiger partial charge in [0, 0.05) is 19.3 Å². The van der Waals surface area contributed by atoms with Crippen molar-refractivity contribution in [1.29, 1.82) is 0 Å². The number of aromatic nitrogens is 2. The van der Waals surface area contributed by atoms with Crippen LogP contribution in [0.3, 0.4) is 0 Å². The third-order valence-electron chi connectivity index (χ3n) is 2.40. The standard InChI is InChI=1S/C11H19N3/c1-4-5-11(12-2)7-6-10-8-13-14(3)9-10/h4,8-9,11-12H,1,5-7H2,2-3H3. The lowest BCUT2D eigenvalue weighted by Crippen LogP contribution is -2.24. The van der Waals surface area contributed by atoms with Gasteiger partial charge in [0.25, 0.3) is 0 Å². The van der Waals surface area contributed by atoms with Crippen molar-refractivity contribution in [2.45, 2.75) is 25.3 Å². The van der Waals surface area contributed by atoms with E-state index in [1.807, 2.05) is 31.1 Å². The van der Waals surface area contributed by atoms with Crippen LogP contribution in [0.4, 0.5) is 0 Å². The zero-order valence-electron chi connectivity index (χ0n) is 9.03. The minimum Gasteiger partial charge on any atom is -0.317 e. The Bertz CT molecular complexity index is 278. The molecule has 3 nitrogen and oxygen atoms in total. The van der Waals surface area contributed by atoms with Crippen LogP contribution in [0.5, 0.6) is 0 Å². The van der Waals surface area contributed by atoms with Gasteiger partial charge in [0.2, 0.25) is 0 Å². The highest BCUT2D eigenvalue weighted by Crippen LogP contribution is 2.06. The number of nitrogens with one attached hydrogen (secondary N) is 1. The lowest BCUT2D eigenvalue weighted by Gasteiger charge is -2.12. The first kappa shape index (κ1) is 11.0. The summed E-state index contributed by atoms with van der Waals surface area (Å²) in [7, 11) is 3.94. The van der Waals surface area contributed by atoms with Crippen molar-refractivity contribution in [2.75, 3.05) is 7.05 Å². The van der Waals surface area contributed by atoms with Crippen molar-refractivity contribution < 1.29 is 0 Å². The molecular formula is C11H19N3. The number of aryl methyl sites for hydroxylation is 2. The Labute approximate surface area is 85.8 Å². The third kappa shape index (κ3) is 3.34. The molecule has 0 fully saturated rings. The molecule has 1 aromatic heterocycles. The summed E-state index contributed by atoms with van der Waals surface area (Å²) >= 11 is 0. The first-order valence-electron chi connectivity index (χ1n) is 5.02. The van der Waals surface area contributed by atoms with Crippen LogP contribution in [0.2, 0.25) is 0 Å². The summed E-state index contributed by atoms with van der Waals surface area (Å²) in [6.07, 6.45) is 9.20. The highest BCUT2D eigenvalue weighted by Gasteiger charge is 2.04. The molecule has 0 saturated carbocycles. The maximum atomic E-state index is 4.14. The smallest absolute Gasteiger partial charge is 0.0521 e. The van der Waals surface area contributed by atoms with Crippen molar-refractivity contribution in [3.8, 4) is 0 Å². The summed E-state index contributed by atoms with van der Waals surface area (Å²) in [5, 5.41) is 7.42. The number of hydrogen-bond donors (Lipinski definition) is 1. The molecule has 0 aliphatic carbocycles. The van der Waals surface area contributed by atoms with Gasteiger partial charge in [0.05, 0.1) is 6.20 Å². The van der Waals surface area contributed by atoms with E-state index in [2.05, 4.69) is 23.2 Å². The number of nitrogens with zero attached hydrogens (tertiary/aromatic N) is 2. The number of hydrogen-bond acceptors (Lipinski definition) is 2. The van der Waals surface area contributed by atoms with Crippen molar-refractivity contribution in [1.82, 2.24) is 15.1 Å². The Morgan fingerprint density at radius 1 is 1.71 bits per heavy atom. The van der Waals surface area contributed by atoms with Gasteiger partial charge in [-0.3, -0.25) is 4.68 Å². The zero-order chi connectivity index (χ0) is 10.4. The molecular weight excluding hydrogens is 174 g/mol. The van der Waals surface area contributed by atoms with Crippen LogP contribution in [0.25, 0.3) is 0 Å². The molecule has 1 heterocycles. The maximum absolute atomic E-state index is 4.14. The summed E-state index contributed by atoms with van der Waals surface area (Å²) in [5.41, 5.74) is 1.30. The van der Waals surface area contributed by atoms with E-state index in [4.69, 9.17) is 0 Å². The summed E-state index contributed by atoms with van der Waals surface area (Å²) in [4.78, 5) is 0. The molecule has 1 unspecified atom stereocenters. The Morgan fingerprint density at radius 2 is 2.50 bits per heavy atom. The largest absolute Gasteiger partial charge is 0.317 e. The van der Waals surface area contributed by atoms with Crippen molar-refractivity contribution in [3.63, 3.8) is 0 Å². The average molecular weight is 193 g/mol. The van der Waals surface area contributed by atoms with Crippen LogP contribution < -0.4 is 5.32 Å². The average Bonchev–Trinajstić information content (AvgIpc) is 2.59. The van der Waals surface area contributed by atoms with Gasteiger partial charge < -0.3 is 5.32 Å². The molecule has 3 heteroatoms. The van der Waals surface area contributed by atoms with E-state index in [0.29, 0.717) is 6.04 Å². The Morgan fingerprint density at radius 3 is 3.00 bits per heavy atom. The van der Waals surface area contributed by atoms with Gasteiger partial charge in [-0.25, -0.2) is 0 Å². The Balaban J connectivity index is 2.34. The second kappa shape index (κ2) is 5.60. The van der Waals surface area contributed by atoms with Crippen molar-refractivity contribution in [2.24, 2.45) is 7.05 Å². The fourth-order valence-corrected chi connectivity index (χ4v) is 1.52. The molecule has 1 N–H and O–H groups in total. The van der Waals surface area contributed by atoms with Crippen LogP contribution in [-0.2, 0) is 13.5 Å². The molecule has 0 saturated heterocycles. The molecule has 1 aromatic rings. The lowest BCUT2D eigenvalue weighted by molar-refractivity contribution is 0.528. The Kier molecular flexibility index (Phi) is 4.40. The summed E-state index contributed by atoms with van der Waals surface area (Å²) < 4.78 is 1.84. The van der Waals surface area contributed by atoms with Gasteiger partial charge in [0.1, 0.15) is 0 Å². The van der Waals surface area contributed by atoms with Crippen molar-refractivity contribution in [3.05, 3.63) is 30.6 Å². The fourth-order valence-electron chi connectivity index (χ4n) is 1.52. The van der Waals surface area contributed by atoms with Crippen LogP contribution in [0.1, 0.15) is 18.4 Å². The van der Waals surface area contributed by atoms with Gasteiger partial charge >= 0.3 is 0 Å². The maximum Gasteiger partial charge on any atom is 0.0521 e. The minimum atomic E-state index is 0.535. The molecule has 0 aliphatic rings. The van der Waals surface area contributed by atoms with E-state index in [-0.39, 0.29) is 0 Å². The van der Waals surface area contributed by atoms with Gasteiger partial charge in [-0.05, 0) is 31.9 Å². The van der Waals surface area contributed by atoms with Crippen LogP contribution in [0, 0.1) is 0 Å². The first-order chi connectivity index (χ1) is 6.76. The second-order valence-electron chi connectivity index (χ2n) is 3.57. The quantitative estimate of drug-likeness (QED) is 0.694. The van der Waals surface area contributed by atoms with Crippen molar-refractivity contribution >= 4 is 0 Å². The highest BCUT2D eigenvalue weighted by molar-refractivity contribution is 5.04. The first-order valence-corrected chi connectivity index (χ1v) is 5.02. The summed E-state index contributed by atoms with van der Waals surface area (Å²) in [6.45, 7) is 3.75. The van der Waals surface area contributed by atoms with E-state index in [9.17, 15) is 0 Å². The van der Waals surface area contributed by atoms with Crippen LogP contribution in [0.15, 0.2) is 25.0 Å². The molecule has 0 radical (unpaired) electrons. The fraction of sp³-hybridized carbons (Fsp3) is 0.545. The third-order valence-corrected chi connectivity index (χ3v) is 2.40. The molecule has 0 aromatic carbocycles. The van der Waals surface area contributed by atoms with Gasteiger partial charge in [-0.15, -0.1) is 6.58 Å². The molecule has 0 bridgehead atoms. The predicted molar refractivity (Wildman–Crippen MR) is 59.2 cm³/mol. The SMILES string of the molecule is C=CCC(CCc1cnn(C)c1)NC. The normalized spacial score (nSPS) is 12.7. The van der Waals surface area contributed by atoms with Crippen LogP contribution >= 0.6 is 0 Å². The van der Waals surface area contributed by atoms with E-state index in [0.717, 1.165) is 19.3 Å². The monoisotopic (exact) mass is 193 g/mol.